The molecule has 1 aliphatic heterocycles. The molecule has 0 amide bonds. The number of fused-ring (bicyclic) bond motifs is 1. The fraction of sp³-hybridized carbons (Fsp3) is 0.333. The van der Waals surface area contributed by atoms with Crippen LogP contribution in [0.4, 0.5) is 4.39 Å². The summed E-state index contributed by atoms with van der Waals surface area (Å²) in [5.74, 6) is 1.30. The van der Waals surface area contributed by atoms with Crippen LogP contribution in [0.1, 0.15) is 23.7 Å². The van der Waals surface area contributed by atoms with Gasteiger partial charge in [0, 0.05) is 17.6 Å². The summed E-state index contributed by atoms with van der Waals surface area (Å²) >= 11 is 3.48. The lowest BCUT2D eigenvalue weighted by Gasteiger charge is -2.29. The lowest BCUT2D eigenvalue weighted by Crippen LogP contribution is -2.50. The van der Waals surface area contributed by atoms with Crippen molar-refractivity contribution in [2.45, 2.75) is 25.0 Å². The van der Waals surface area contributed by atoms with Gasteiger partial charge in [-0.05, 0) is 54.3 Å². The van der Waals surface area contributed by atoms with Gasteiger partial charge in [-0.25, -0.2) is 4.39 Å². The van der Waals surface area contributed by atoms with Gasteiger partial charge < -0.3 is 14.8 Å². The number of benzene rings is 2. The predicted octanol–water partition coefficient (Wildman–Crippen LogP) is 4.01. The first kappa shape index (κ1) is 15.0. The third-order valence-electron chi connectivity index (χ3n) is 4.34. The van der Waals surface area contributed by atoms with Crippen LogP contribution in [0.15, 0.2) is 40.9 Å². The molecule has 1 N–H and O–H groups in total. The van der Waals surface area contributed by atoms with Gasteiger partial charge in [0.05, 0.1) is 0 Å². The summed E-state index contributed by atoms with van der Waals surface area (Å²) in [6.07, 6.45) is 1.85. The van der Waals surface area contributed by atoms with Gasteiger partial charge in [0.2, 0.25) is 0 Å². The zero-order chi connectivity index (χ0) is 15.8. The van der Waals surface area contributed by atoms with Crippen LogP contribution in [0.3, 0.4) is 0 Å². The molecule has 1 fully saturated rings. The molecule has 1 unspecified atom stereocenters. The van der Waals surface area contributed by atoms with Crippen LogP contribution in [0.25, 0.3) is 0 Å². The summed E-state index contributed by atoms with van der Waals surface area (Å²) in [6, 6.07) is 10.7. The van der Waals surface area contributed by atoms with Crippen LogP contribution < -0.4 is 14.8 Å². The van der Waals surface area contributed by atoms with Crippen LogP contribution in [0.5, 0.6) is 11.5 Å². The molecule has 2 aromatic rings. The molecule has 1 saturated heterocycles. The first-order valence-electron chi connectivity index (χ1n) is 7.81. The highest BCUT2D eigenvalue weighted by atomic mass is 79.9. The zero-order valence-electron chi connectivity index (χ0n) is 12.5. The van der Waals surface area contributed by atoms with E-state index in [-0.39, 0.29) is 18.0 Å². The Kier molecular flexibility index (Phi) is 3.99. The molecule has 0 bridgehead atoms. The summed E-state index contributed by atoms with van der Waals surface area (Å²) in [6.45, 7) is 1.72. The molecule has 2 aromatic carbocycles. The normalized spacial score (nSPS) is 20.0. The van der Waals surface area contributed by atoms with Crippen LogP contribution in [-0.2, 0) is 6.42 Å². The van der Waals surface area contributed by atoms with E-state index in [2.05, 4.69) is 21.2 Å². The van der Waals surface area contributed by atoms with Crippen LogP contribution in [0.2, 0.25) is 0 Å². The highest BCUT2D eigenvalue weighted by Crippen LogP contribution is 2.39. The molecule has 2 aliphatic rings. The van der Waals surface area contributed by atoms with Gasteiger partial charge in [-0.2, -0.15) is 0 Å². The Balaban J connectivity index is 1.57. The molecule has 1 aliphatic carbocycles. The van der Waals surface area contributed by atoms with E-state index in [4.69, 9.17) is 9.47 Å². The van der Waals surface area contributed by atoms with Gasteiger partial charge in [0.15, 0.2) is 11.5 Å². The second-order valence-corrected chi connectivity index (χ2v) is 6.89. The Morgan fingerprint density at radius 1 is 1.04 bits per heavy atom. The predicted molar refractivity (Wildman–Crippen MR) is 89.5 cm³/mol. The molecule has 0 saturated carbocycles. The van der Waals surface area contributed by atoms with Crippen molar-refractivity contribution in [2.75, 3.05) is 13.1 Å². The summed E-state index contributed by atoms with van der Waals surface area (Å²) in [4.78, 5) is 0. The molecule has 0 aromatic heterocycles. The highest BCUT2D eigenvalue weighted by molar-refractivity contribution is 9.10. The SMILES string of the molecule is Fc1ccc2c(c1)CCC2Oc1ccc(Br)cc1OC1CNC1. The third-order valence-corrected chi connectivity index (χ3v) is 4.83. The minimum Gasteiger partial charge on any atom is -0.484 e. The lowest BCUT2D eigenvalue weighted by atomic mass is 10.1. The van der Waals surface area contributed by atoms with Crippen molar-refractivity contribution in [3.63, 3.8) is 0 Å². The summed E-state index contributed by atoms with van der Waals surface area (Å²) in [5, 5.41) is 3.19. The minimum absolute atomic E-state index is 0.0476. The van der Waals surface area contributed by atoms with Crippen molar-refractivity contribution in [2.24, 2.45) is 0 Å². The summed E-state index contributed by atoms with van der Waals surface area (Å²) in [5.41, 5.74) is 2.11. The Bertz CT molecular complexity index is 733. The Morgan fingerprint density at radius 3 is 2.70 bits per heavy atom. The molecule has 1 heterocycles. The molecular weight excluding hydrogens is 361 g/mol. The van der Waals surface area contributed by atoms with E-state index in [0.29, 0.717) is 0 Å². The molecule has 23 heavy (non-hydrogen) atoms. The molecule has 0 spiro atoms. The second kappa shape index (κ2) is 6.13. The maximum atomic E-state index is 13.3. The minimum atomic E-state index is -0.186. The van der Waals surface area contributed by atoms with Gasteiger partial charge in [-0.3, -0.25) is 0 Å². The van der Waals surface area contributed by atoms with Gasteiger partial charge in [-0.1, -0.05) is 22.0 Å². The lowest BCUT2D eigenvalue weighted by molar-refractivity contribution is 0.127. The van der Waals surface area contributed by atoms with E-state index in [1.54, 1.807) is 6.07 Å². The van der Waals surface area contributed by atoms with Gasteiger partial charge in [0.25, 0.3) is 0 Å². The molecule has 5 heteroatoms. The van der Waals surface area contributed by atoms with E-state index in [0.717, 1.165) is 53.0 Å². The largest absolute Gasteiger partial charge is 0.484 e. The van der Waals surface area contributed by atoms with Crippen LogP contribution >= 0.6 is 15.9 Å². The summed E-state index contributed by atoms with van der Waals surface area (Å²) in [7, 11) is 0. The fourth-order valence-corrected chi connectivity index (χ4v) is 3.36. The number of rotatable bonds is 4. The van der Waals surface area contributed by atoms with Crippen LogP contribution in [0, 0.1) is 5.82 Å². The standard InChI is InChI=1S/C18H17BrFNO2/c19-12-2-6-17(18(8-12)22-14-9-21-10-14)23-16-5-1-11-7-13(20)3-4-15(11)16/h2-4,6-8,14,16,21H,1,5,9-10H2. The van der Waals surface area contributed by atoms with Crippen molar-refractivity contribution in [1.29, 1.82) is 0 Å². The maximum absolute atomic E-state index is 13.3. The molecule has 3 nitrogen and oxygen atoms in total. The monoisotopic (exact) mass is 377 g/mol. The van der Waals surface area contributed by atoms with Crippen molar-refractivity contribution in [3.8, 4) is 11.5 Å². The van der Waals surface area contributed by atoms with E-state index < -0.39 is 0 Å². The average Bonchev–Trinajstić information content (AvgIpc) is 2.87. The maximum Gasteiger partial charge on any atom is 0.162 e. The third kappa shape index (κ3) is 3.08. The van der Waals surface area contributed by atoms with Crippen LogP contribution in [-0.4, -0.2) is 19.2 Å². The van der Waals surface area contributed by atoms with Gasteiger partial charge in [-0.15, -0.1) is 0 Å². The number of hydrogen-bond acceptors (Lipinski definition) is 3. The quantitative estimate of drug-likeness (QED) is 0.873. The molecule has 4 rings (SSSR count). The highest BCUT2D eigenvalue weighted by Gasteiger charge is 2.26. The van der Waals surface area contributed by atoms with Crippen molar-refractivity contribution < 1.29 is 13.9 Å². The Hall–Kier alpha value is -1.59. The fourth-order valence-electron chi connectivity index (χ4n) is 3.02. The molecular formula is C18H17BrFNO2. The molecule has 120 valence electrons. The van der Waals surface area contributed by atoms with E-state index in [1.807, 2.05) is 24.3 Å². The number of nitrogens with one attached hydrogen (secondary N) is 1. The first-order valence-corrected chi connectivity index (χ1v) is 8.60. The van der Waals surface area contributed by atoms with Crippen molar-refractivity contribution in [3.05, 3.63) is 57.8 Å². The smallest absolute Gasteiger partial charge is 0.162 e. The van der Waals surface area contributed by atoms with E-state index in [1.165, 1.54) is 6.07 Å². The van der Waals surface area contributed by atoms with Crippen molar-refractivity contribution >= 4 is 15.9 Å². The summed E-state index contributed by atoms with van der Waals surface area (Å²) < 4.78 is 26.5. The van der Waals surface area contributed by atoms with Crippen molar-refractivity contribution in [1.82, 2.24) is 5.32 Å². The number of hydrogen-bond donors (Lipinski definition) is 1. The molecule has 0 radical (unpaired) electrons. The van der Waals surface area contributed by atoms with Gasteiger partial charge >= 0.3 is 0 Å². The number of ether oxygens (including phenoxy) is 2. The average molecular weight is 378 g/mol. The first-order chi connectivity index (χ1) is 11.2. The number of aryl methyl sites for hydroxylation is 1. The molecule has 1 atom stereocenters. The Labute approximate surface area is 142 Å². The second-order valence-electron chi connectivity index (χ2n) is 5.98. The zero-order valence-corrected chi connectivity index (χ0v) is 14.1. The topological polar surface area (TPSA) is 30.5 Å². The van der Waals surface area contributed by atoms with E-state index >= 15 is 0 Å². The number of halogens is 2. The van der Waals surface area contributed by atoms with Gasteiger partial charge in [0.1, 0.15) is 18.0 Å². The Morgan fingerprint density at radius 2 is 1.91 bits per heavy atom. The van der Waals surface area contributed by atoms with E-state index in [9.17, 15) is 4.39 Å².